The Hall–Kier alpha value is -0.780. The summed E-state index contributed by atoms with van der Waals surface area (Å²) in [5.41, 5.74) is 0. The number of hydrogen-bond acceptors (Lipinski definition) is 2. The molecule has 0 bridgehead atoms. The zero-order valence-electron chi connectivity index (χ0n) is 9.59. The van der Waals surface area contributed by atoms with Crippen molar-refractivity contribution < 1.29 is 18.0 Å². The molecule has 1 amide bonds. The summed E-state index contributed by atoms with van der Waals surface area (Å²) < 4.78 is 37.8. The van der Waals surface area contributed by atoms with Gasteiger partial charge in [0.1, 0.15) is 0 Å². The zero-order chi connectivity index (χ0) is 12.5. The lowest BCUT2D eigenvalue weighted by Gasteiger charge is -2.35. The highest BCUT2D eigenvalue weighted by molar-refractivity contribution is 5.79. The van der Waals surface area contributed by atoms with Crippen LogP contribution in [-0.2, 0) is 4.79 Å². The fourth-order valence-corrected chi connectivity index (χ4v) is 2.57. The van der Waals surface area contributed by atoms with E-state index in [0.717, 1.165) is 13.0 Å². The molecule has 1 N–H and O–H groups in total. The third-order valence-corrected chi connectivity index (χ3v) is 3.61. The van der Waals surface area contributed by atoms with E-state index in [4.69, 9.17) is 0 Å². The van der Waals surface area contributed by atoms with Crippen LogP contribution in [0, 0.1) is 11.8 Å². The fraction of sp³-hybridized carbons (Fsp3) is 0.909. The molecule has 0 radical (unpaired) electrons. The highest BCUT2D eigenvalue weighted by Crippen LogP contribution is 2.33. The summed E-state index contributed by atoms with van der Waals surface area (Å²) >= 11 is 0. The highest BCUT2D eigenvalue weighted by Gasteiger charge is 2.43. The Morgan fingerprint density at radius 3 is 2.65 bits per heavy atom. The van der Waals surface area contributed by atoms with Gasteiger partial charge in [-0.25, -0.2) is 0 Å². The topological polar surface area (TPSA) is 32.3 Å². The predicted octanol–water partition coefficient (Wildman–Crippen LogP) is 1.40. The number of piperidine rings is 1. The summed E-state index contributed by atoms with van der Waals surface area (Å²) in [5.74, 6) is -1.57. The minimum atomic E-state index is -4.17. The standard InChI is InChI=1S/C11H17F3N2O/c12-11(13,14)9-2-1-5-16(7-9)10(17)8-3-4-15-6-8/h8-9,15H,1-7H2/t8-,9+/m0/s1. The number of halogens is 3. The Labute approximate surface area is 98.3 Å². The zero-order valence-corrected chi connectivity index (χ0v) is 9.59. The van der Waals surface area contributed by atoms with E-state index in [2.05, 4.69) is 5.32 Å². The number of nitrogens with zero attached hydrogens (tertiary/aromatic N) is 1. The Balaban J connectivity index is 1.94. The third kappa shape index (κ3) is 2.91. The van der Waals surface area contributed by atoms with Crippen molar-refractivity contribution in [1.82, 2.24) is 10.2 Å². The predicted molar refractivity (Wildman–Crippen MR) is 56.3 cm³/mol. The van der Waals surface area contributed by atoms with E-state index in [-0.39, 0.29) is 24.8 Å². The largest absolute Gasteiger partial charge is 0.393 e. The number of hydrogen-bond donors (Lipinski definition) is 1. The summed E-state index contributed by atoms with van der Waals surface area (Å²) in [6.45, 7) is 1.71. The van der Waals surface area contributed by atoms with Gasteiger partial charge >= 0.3 is 6.18 Å². The van der Waals surface area contributed by atoms with Crippen LogP contribution >= 0.6 is 0 Å². The van der Waals surface area contributed by atoms with Gasteiger partial charge in [-0.3, -0.25) is 4.79 Å². The van der Waals surface area contributed by atoms with Crippen molar-refractivity contribution in [2.45, 2.75) is 25.4 Å². The van der Waals surface area contributed by atoms with Gasteiger partial charge in [0, 0.05) is 19.6 Å². The van der Waals surface area contributed by atoms with Crippen LogP contribution in [0.15, 0.2) is 0 Å². The minimum absolute atomic E-state index is 0.107. The van der Waals surface area contributed by atoms with Crippen molar-refractivity contribution >= 4 is 5.91 Å². The van der Waals surface area contributed by atoms with E-state index >= 15 is 0 Å². The van der Waals surface area contributed by atoms with Crippen molar-refractivity contribution in [2.24, 2.45) is 11.8 Å². The van der Waals surface area contributed by atoms with E-state index in [1.54, 1.807) is 0 Å². The van der Waals surface area contributed by atoms with Gasteiger partial charge in [0.05, 0.1) is 11.8 Å². The molecule has 0 saturated carbocycles. The van der Waals surface area contributed by atoms with E-state index in [9.17, 15) is 18.0 Å². The SMILES string of the molecule is O=C([C@H]1CCNC1)N1CCC[C@@H](C(F)(F)F)C1. The first-order valence-electron chi connectivity index (χ1n) is 6.04. The Kier molecular flexibility index (Phi) is 3.61. The summed E-state index contributed by atoms with van der Waals surface area (Å²) in [5, 5.41) is 3.06. The first-order chi connectivity index (χ1) is 7.98. The normalized spacial score (nSPS) is 30.6. The van der Waals surface area contributed by atoms with Crippen LogP contribution in [0.5, 0.6) is 0 Å². The number of rotatable bonds is 1. The van der Waals surface area contributed by atoms with Crippen molar-refractivity contribution in [3.05, 3.63) is 0 Å². The number of likely N-dealkylation sites (tertiary alicyclic amines) is 1. The van der Waals surface area contributed by atoms with E-state index in [1.807, 2.05) is 0 Å². The first-order valence-corrected chi connectivity index (χ1v) is 6.04. The molecule has 2 heterocycles. The molecule has 2 rings (SSSR count). The average molecular weight is 250 g/mol. The number of carbonyl (C=O) groups is 1. The second kappa shape index (κ2) is 4.84. The number of nitrogens with one attached hydrogen (secondary N) is 1. The molecule has 2 fully saturated rings. The van der Waals surface area contributed by atoms with Crippen LogP contribution in [0.1, 0.15) is 19.3 Å². The molecule has 2 aliphatic rings. The maximum Gasteiger partial charge on any atom is 0.393 e. The molecule has 2 saturated heterocycles. The van der Waals surface area contributed by atoms with Crippen molar-refractivity contribution in [2.75, 3.05) is 26.2 Å². The second-order valence-electron chi connectivity index (χ2n) is 4.85. The molecule has 17 heavy (non-hydrogen) atoms. The lowest BCUT2D eigenvalue weighted by atomic mass is 9.96. The maximum absolute atomic E-state index is 12.6. The summed E-state index contributed by atoms with van der Waals surface area (Å²) in [6, 6.07) is 0. The number of alkyl halides is 3. The van der Waals surface area contributed by atoms with Crippen molar-refractivity contribution in [3.63, 3.8) is 0 Å². The molecule has 0 unspecified atom stereocenters. The molecule has 2 atom stereocenters. The van der Waals surface area contributed by atoms with Crippen LogP contribution in [0.2, 0.25) is 0 Å². The Bertz CT molecular complexity index is 287. The van der Waals surface area contributed by atoms with Gasteiger partial charge < -0.3 is 10.2 Å². The fourth-order valence-electron chi connectivity index (χ4n) is 2.57. The molecule has 6 heteroatoms. The molecule has 3 nitrogen and oxygen atoms in total. The van der Waals surface area contributed by atoms with E-state index in [1.165, 1.54) is 4.90 Å². The van der Waals surface area contributed by atoms with Crippen LogP contribution in [0.4, 0.5) is 13.2 Å². The molecular weight excluding hydrogens is 233 g/mol. The van der Waals surface area contributed by atoms with Crippen molar-refractivity contribution in [1.29, 1.82) is 0 Å². The number of carbonyl (C=O) groups excluding carboxylic acids is 1. The second-order valence-corrected chi connectivity index (χ2v) is 4.85. The molecule has 98 valence electrons. The Morgan fingerprint density at radius 1 is 1.29 bits per heavy atom. The lowest BCUT2D eigenvalue weighted by Crippen LogP contribution is -2.47. The van der Waals surface area contributed by atoms with Crippen LogP contribution in [-0.4, -0.2) is 43.2 Å². The molecular formula is C11H17F3N2O. The van der Waals surface area contributed by atoms with Crippen LogP contribution in [0.3, 0.4) is 0 Å². The van der Waals surface area contributed by atoms with E-state index in [0.29, 0.717) is 19.5 Å². The molecule has 0 aromatic carbocycles. The van der Waals surface area contributed by atoms with Gasteiger partial charge in [-0.2, -0.15) is 13.2 Å². The van der Waals surface area contributed by atoms with Crippen LogP contribution < -0.4 is 5.32 Å². The van der Waals surface area contributed by atoms with Crippen LogP contribution in [0.25, 0.3) is 0 Å². The Morgan fingerprint density at radius 2 is 2.06 bits per heavy atom. The van der Waals surface area contributed by atoms with Gasteiger partial charge in [0.25, 0.3) is 0 Å². The summed E-state index contributed by atoms with van der Waals surface area (Å²) in [7, 11) is 0. The molecule has 0 aromatic rings. The molecule has 2 aliphatic heterocycles. The smallest absolute Gasteiger partial charge is 0.342 e. The van der Waals surface area contributed by atoms with Crippen molar-refractivity contribution in [3.8, 4) is 0 Å². The van der Waals surface area contributed by atoms with E-state index < -0.39 is 12.1 Å². The molecule has 0 spiro atoms. The quantitative estimate of drug-likeness (QED) is 0.763. The average Bonchev–Trinajstić information content (AvgIpc) is 2.80. The highest BCUT2D eigenvalue weighted by atomic mass is 19.4. The summed E-state index contributed by atoms with van der Waals surface area (Å²) in [4.78, 5) is 13.4. The van der Waals surface area contributed by atoms with Gasteiger partial charge in [0.15, 0.2) is 0 Å². The maximum atomic E-state index is 12.6. The van der Waals surface area contributed by atoms with Gasteiger partial charge in [0.2, 0.25) is 5.91 Å². The number of amides is 1. The minimum Gasteiger partial charge on any atom is -0.342 e. The monoisotopic (exact) mass is 250 g/mol. The van der Waals surface area contributed by atoms with Gasteiger partial charge in [-0.05, 0) is 25.8 Å². The first kappa shape index (κ1) is 12.7. The third-order valence-electron chi connectivity index (χ3n) is 3.61. The molecule has 0 aliphatic carbocycles. The lowest BCUT2D eigenvalue weighted by molar-refractivity contribution is -0.188. The van der Waals surface area contributed by atoms with Gasteiger partial charge in [-0.15, -0.1) is 0 Å². The molecule has 0 aromatic heterocycles. The van der Waals surface area contributed by atoms with Gasteiger partial charge in [-0.1, -0.05) is 0 Å². The summed E-state index contributed by atoms with van der Waals surface area (Å²) in [6.07, 6.45) is -2.83.